The molecule has 2 aliphatic rings. The van der Waals surface area contributed by atoms with Gasteiger partial charge in [-0.2, -0.15) is 0 Å². The molecule has 0 aromatic rings. The topological polar surface area (TPSA) is 68.3 Å². The largest absolute Gasteiger partial charge is 0.513 e. The molecule has 2 aliphatic heterocycles. The Hall–Kier alpha value is -0.810. The van der Waals surface area contributed by atoms with Gasteiger partial charge < -0.3 is 14.6 Å². The molecule has 0 amide bonds. The maximum atomic E-state index is 10.2. The average Bonchev–Trinajstić information content (AvgIpc) is 2.38. The summed E-state index contributed by atoms with van der Waals surface area (Å²) in [4.78, 5) is 10.2. The highest BCUT2D eigenvalue weighted by Gasteiger charge is 2.69. The minimum absolute atomic E-state index is 0.344. The van der Waals surface area contributed by atoms with Gasteiger partial charge >= 0.3 is 11.9 Å². The van der Waals surface area contributed by atoms with E-state index in [1.165, 1.54) is 0 Å². The van der Waals surface area contributed by atoms with Crippen molar-refractivity contribution in [3.05, 3.63) is 0 Å². The lowest BCUT2D eigenvalue weighted by Crippen LogP contribution is -2.19. The number of hydrogen-bond acceptors (Lipinski definition) is 5. The number of aliphatic hydroxyl groups excluding tert-OH is 1. The number of fused-ring (bicyclic) bond motifs is 1. The molecule has 0 saturated carbocycles. The minimum Gasteiger partial charge on any atom is -0.397 e. The molecule has 50 valence electrons. The van der Waals surface area contributed by atoms with E-state index in [0.29, 0.717) is 0 Å². The van der Waals surface area contributed by atoms with Crippen molar-refractivity contribution < 1.29 is 24.1 Å². The molecule has 2 saturated heterocycles. The molecule has 0 radical (unpaired) electrons. The second kappa shape index (κ2) is 1.19. The van der Waals surface area contributed by atoms with Crippen LogP contribution in [0.4, 0.5) is 4.79 Å². The van der Waals surface area contributed by atoms with E-state index >= 15 is 0 Å². The van der Waals surface area contributed by atoms with Gasteiger partial charge in [0.05, 0.1) is 0 Å². The van der Waals surface area contributed by atoms with E-state index in [1.54, 1.807) is 0 Å². The molecule has 0 aromatic heterocycles. The van der Waals surface area contributed by atoms with Crippen LogP contribution in [0.1, 0.15) is 0 Å². The molecule has 2 fully saturated rings. The molecule has 0 aliphatic carbocycles. The number of ether oxygens (including phenoxy) is 3. The normalized spacial score (nSPS) is 45.4. The fraction of sp³-hybridized carbons (Fsp3) is 0.750. The lowest BCUT2D eigenvalue weighted by atomic mass is 10.4. The Kier molecular flexibility index (Phi) is 0.665. The number of epoxide rings is 1. The molecule has 1 unspecified atom stereocenters. The number of carbonyl (C=O) groups excluding carboxylic acids is 1. The summed E-state index contributed by atoms with van der Waals surface area (Å²) in [5, 5.41) is 8.50. The summed E-state index contributed by atoms with van der Waals surface area (Å²) in [6.07, 6.45) is -1.45. The third-order valence-electron chi connectivity index (χ3n) is 1.29. The standard InChI is InChI=1S/C4H4O5/c5-1-4-2(8-4)7-3(6)9-4/h2,5H,1H2/t2?,4-/m0/s1. The van der Waals surface area contributed by atoms with Gasteiger partial charge in [-0.3, -0.25) is 4.74 Å². The van der Waals surface area contributed by atoms with E-state index in [-0.39, 0.29) is 6.61 Å². The average molecular weight is 132 g/mol. The van der Waals surface area contributed by atoms with Crippen LogP contribution in [0.5, 0.6) is 0 Å². The van der Waals surface area contributed by atoms with Crippen LogP contribution in [0.15, 0.2) is 0 Å². The van der Waals surface area contributed by atoms with Crippen molar-refractivity contribution in [2.75, 3.05) is 6.61 Å². The van der Waals surface area contributed by atoms with Gasteiger partial charge in [-0.1, -0.05) is 0 Å². The summed E-state index contributed by atoms with van der Waals surface area (Å²) in [5.41, 5.74) is 0. The number of carbonyl (C=O) groups is 1. The highest BCUT2D eigenvalue weighted by atomic mass is 17.0. The van der Waals surface area contributed by atoms with Crippen molar-refractivity contribution in [3.63, 3.8) is 0 Å². The van der Waals surface area contributed by atoms with Crippen LogP contribution in [0, 0.1) is 0 Å². The first kappa shape index (κ1) is 5.01. The Morgan fingerprint density at radius 3 is 2.89 bits per heavy atom. The van der Waals surface area contributed by atoms with Crippen LogP contribution >= 0.6 is 0 Å². The molecular formula is C4H4O5. The van der Waals surface area contributed by atoms with Gasteiger partial charge in [-0.05, 0) is 0 Å². The molecule has 2 rings (SSSR count). The monoisotopic (exact) mass is 132 g/mol. The zero-order valence-electron chi connectivity index (χ0n) is 4.36. The fourth-order valence-electron chi connectivity index (χ4n) is 0.730. The Morgan fingerprint density at radius 1 is 1.78 bits per heavy atom. The van der Waals surface area contributed by atoms with Crippen molar-refractivity contribution >= 4 is 6.16 Å². The van der Waals surface area contributed by atoms with E-state index in [1.807, 2.05) is 0 Å². The van der Waals surface area contributed by atoms with Gasteiger partial charge in [0.25, 0.3) is 6.29 Å². The van der Waals surface area contributed by atoms with Crippen molar-refractivity contribution in [2.45, 2.75) is 12.1 Å². The van der Waals surface area contributed by atoms with Crippen LogP contribution in [0.25, 0.3) is 0 Å². The molecule has 5 nitrogen and oxygen atoms in total. The Balaban J connectivity index is 2.13. The first-order valence-corrected chi connectivity index (χ1v) is 2.45. The molecule has 0 spiro atoms. The number of aliphatic hydroxyl groups is 1. The van der Waals surface area contributed by atoms with E-state index in [0.717, 1.165) is 0 Å². The first-order valence-electron chi connectivity index (χ1n) is 2.45. The second-order valence-electron chi connectivity index (χ2n) is 1.89. The van der Waals surface area contributed by atoms with Crippen molar-refractivity contribution in [2.24, 2.45) is 0 Å². The summed E-state index contributed by atoms with van der Waals surface area (Å²) in [5.74, 6) is -1.14. The maximum Gasteiger partial charge on any atom is 0.513 e. The molecule has 2 heterocycles. The van der Waals surface area contributed by atoms with Crippen LogP contribution in [-0.2, 0) is 14.2 Å². The molecule has 1 N–H and O–H groups in total. The van der Waals surface area contributed by atoms with E-state index in [4.69, 9.17) is 5.11 Å². The van der Waals surface area contributed by atoms with Gasteiger partial charge in [-0.25, -0.2) is 4.79 Å². The minimum atomic E-state index is -1.14. The first-order chi connectivity index (χ1) is 4.27. The predicted octanol–water partition coefficient (Wildman–Crippen LogP) is -0.802. The highest BCUT2D eigenvalue weighted by molar-refractivity contribution is 5.64. The van der Waals surface area contributed by atoms with Crippen LogP contribution < -0.4 is 0 Å². The number of hydrogen-bond donors (Lipinski definition) is 1. The van der Waals surface area contributed by atoms with E-state index in [2.05, 4.69) is 14.2 Å². The number of rotatable bonds is 1. The molecule has 0 bridgehead atoms. The Morgan fingerprint density at radius 2 is 2.56 bits per heavy atom. The Bertz CT molecular complexity index is 162. The van der Waals surface area contributed by atoms with Crippen LogP contribution in [0.3, 0.4) is 0 Å². The van der Waals surface area contributed by atoms with E-state index < -0.39 is 18.2 Å². The molecule has 0 aromatic carbocycles. The Labute approximate surface area is 50.1 Å². The van der Waals surface area contributed by atoms with Crippen molar-refractivity contribution in [1.82, 2.24) is 0 Å². The molecule has 9 heavy (non-hydrogen) atoms. The van der Waals surface area contributed by atoms with Gasteiger partial charge in [-0.15, -0.1) is 0 Å². The van der Waals surface area contributed by atoms with Gasteiger partial charge in [0.1, 0.15) is 6.61 Å². The maximum absolute atomic E-state index is 10.2. The lowest BCUT2D eigenvalue weighted by Gasteiger charge is -1.99. The SMILES string of the molecule is O=C1OC2O[C@@]2(CO)O1. The summed E-state index contributed by atoms with van der Waals surface area (Å²) in [7, 11) is 0. The highest BCUT2D eigenvalue weighted by Crippen LogP contribution is 2.43. The zero-order chi connectivity index (χ0) is 6.48. The molecular weight excluding hydrogens is 128 g/mol. The summed E-state index contributed by atoms with van der Waals surface area (Å²) < 4.78 is 13.5. The van der Waals surface area contributed by atoms with Gasteiger partial charge in [0, 0.05) is 0 Å². The summed E-state index contributed by atoms with van der Waals surface area (Å²) in [6, 6.07) is 0. The third-order valence-corrected chi connectivity index (χ3v) is 1.29. The lowest BCUT2D eigenvalue weighted by molar-refractivity contribution is -0.0533. The predicted molar refractivity (Wildman–Crippen MR) is 22.3 cm³/mol. The van der Waals surface area contributed by atoms with Gasteiger partial charge in [0.2, 0.25) is 0 Å². The smallest absolute Gasteiger partial charge is 0.397 e. The fourth-order valence-corrected chi connectivity index (χ4v) is 0.730. The van der Waals surface area contributed by atoms with Crippen molar-refractivity contribution in [1.29, 1.82) is 0 Å². The van der Waals surface area contributed by atoms with Crippen LogP contribution in [-0.4, -0.2) is 29.9 Å². The van der Waals surface area contributed by atoms with Crippen molar-refractivity contribution in [3.8, 4) is 0 Å². The third kappa shape index (κ3) is 0.475. The zero-order valence-corrected chi connectivity index (χ0v) is 4.36. The van der Waals surface area contributed by atoms with Crippen LogP contribution in [0.2, 0.25) is 0 Å². The van der Waals surface area contributed by atoms with E-state index in [9.17, 15) is 4.79 Å². The molecule has 5 heteroatoms. The second-order valence-corrected chi connectivity index (χ2v) is 1.89. The van der Waals surface area contributed by atoms with Gasteiger partial charge in [0.15, 0.2) is 0 Å². The molecule has 2 atom stereocenters. The summed E-state index contributed by atoms with van der Waals surface area (Å²) >= 11 is 0. The quantitative estimate of drug-likeness (QED) is 0.373. The summed E-state index contributed by atoms with van der Waals surface area (Å²) in [6.45, 7) is -0.344.